The predicted molar refractivity (Wildman–Crippen MR) is 44.5 cm³/mol. The number of ketones is 1. The Bertz CT molecular complexity index is 132. The Labute approximate surface area is 67.8 Å². The molecule has 0 aliphatic heterocycles. The van der Waals surface area contributed by atoms with Crippen LogP contribution in [0.4, 0.5) is 0 Å². The first kappa shape index (κ1) is 10.6. The number of aliphatic hydroxyl groups is 1. The molecule has 0 amide bonds. The molecule has 0 spiro atoms. The van der Waals surface area contributed by atoms with Crippen LogP contribution in [-0.2, 0) is 4.79 Å². The van der Waals surface area contributed by atoms with Gasteiger partial charge in [-0.05, 0) is 19.9 Å². The minimum atomic E-state index is -1.15. The molecule has 1 unspecified atom stereocenters. The van der Waals surface area contributed by atoms with E-state index in [4.69, 9.17) is 0 Å². The normalized spacial score (nSPS) is 16.0. The standard InChI is InChI=1S/C8H17NO2/c1-4-8(3,11)7(10)6-9-5-2/h9,11H,4-6H2,1-3H3. The first-order valence-electron chi connectivity index (χ1n) is 4.01. The van der Waals surface area contributed by atoms with E-state index >= 15 is 0 Å². The number of likely N-dealkylation sites (N-methyl/N-ethyl adjacent to an activating group) is 1. The van der Waals surface area contributed by atoms with Gasteiger partial charge in [0.15, 0.2) is 5.78 Å². The Morgan fingerprint density at radius 2 is 2.09 bits per heavy atom. The summed E-state index contributed by atoms with van der Waals surface area (Å²) in [5, 5.41) is 12.3. The first-order chi connectivity index (χ1) is 5.04. The summed E-state index contributed by atoms with van der Waals surface area (Å²) in [5.74, 6) is -0.137. The molecule has 0 aromatic rings. The molecule has 0 aromatic heterocycles. The van der Waals surface area contributed by atoms with Gasteiger partial charge in [-0.25, -0.2) is 0 Å². The Morgan fingerprint density at radius 1 is 1.55 bits per heavy atom. The van der Waals surface area contributed by atoms with E-state index in [0.717, 1.165) is 6.54 Å². The van der Waals surface area contributed by atoms with Crippen molar-refractivity contribution in [3.05, 3.63) is 0 Å². The number of carbonyl (C=O) groups is 1. The third-order valence-corrected chi connectivity index (χ3v) is 1.82. The summed E-state index contributed by atoms with van der Waals surface area (Å²) < 4.78 is 0. The number of nitrogens with one attached hydrogen (secondary N) is 1. The first-order valence-corrected chi connectivity index (χ1v) is 4.01. The number of hydrogen-bond donors (Lipinski definition) is 2. The van der Waals surface area contributed by atoms with Crippen LogP contribution < -0.4 is 5.32 Å². The van der Waals surface area contributed by atoms with Crippen molar-refractivity contribution >= 4 is 5.78 Å². The van der Waals surface area contributed by atoms with Crippen LogP contribution in [0.1, 0.15) is 27.2 Å². The highest BCUT2D eigenvalue weighted by Gasteiger charge is 2.26. The van der Waals surface area contributed by atoms with E-state index in [1.54, 1.807) is 13.8 Å². The summed E-state index contributed by atoms with van der Waals surface area (Å²) in [7, 11) is 0. The zero-order chi connectivity index (χ0) is 8.91. The molecule has 0 heterocycles. The molecular weight excluding hydrogens is 142 g/mol. The van der Waals surface area contributed by atoms with E-state index in [0.29, 0.717) is 6.42 Å². The highest BCUT2D eigenvalue weighted by Crippen LogP contribution is 2.08. The zero-order valence-corrected chi connectivity index (χ0v) is 7.48. The number of rotatable bonds is 5. The van der Waals surface area contributed by atoms with Crippen molar-refractivity contribution < 1.29 is 9.90 Å². The number of hydrogen-bond acceptors (Lipinski definition) is 3. The van der Waals surface area contributed by atoms with Crippen molar-refractivity contribution in [3.63, 3.8) is 0 Å². The molecule has 0 fully saturated rings. The van der Waals surface area contributed by atoms with Crippen molar-refractivity contribution in [2.45, 2.75) is 32.8 Å². The maximum Gasteiger partial charge on any atom is 0.177 e. The maximum atomic E-state index is 11.1. The van der Waals surface area contributed by atoms with Crippen molar-refractivity contribution in [3.8, 4) is 0 Å². The van der Waals surface area contributed by atoms with Gasteiger partial charge in [0.2, 0.25) is 0 Å². The summed E-state index contributed by atoms with van der Waals surface area (Å²) in [4.78, 5) is 11.1. The van der Waals surface area contributed by atoms with Gasteiger partial charge in [0.05, 0.1) is 6.54 Å². The fraction of sp³-hybridized carbons (Fsp3) is 0.875. The van der Waals surface area contributed by atoms with Crippen LogP contribution >= 0.6 is 0 Å². The summed E-state index contributed by atoms with van der Waals surface area (Å²) in [6.07, 6.45) is 0.469. The molecule has 0 aliphatic carbocycles. The smallest absolute Gasteiger partial charge is 0.177 e. The fourth-order valence-corrected chi connectivity index (χ4v) is 0.626. The van der Waals surface area contributed by atoms with Crippen molar-refractivity contribution in [1.29, 1.82) is 0 Å². The van der Waals surface area contributed by atoms with Gasteiger partial charge < -0.3 is 10.4 Å². The average Bonchev–Trinajstić information content (AvgIpc) is 2.00. The topological polar surface area (TPSA) is 49.3 Å². The van der Waals surface area contributed by atoms with Crippen molar-refractivity contribution in [2.75, 3.05) is 13.1 Å². The molecule has 0 saturated heterocycles. The van der Waals surface area contributed by atoms with Crippen LogP contribution in [-0.4, -0.2) is 29.6 Å². The fourth-order valence-electron chi connectivity index (χ4n) is 0.626. The quantitative estimate of drug-likeness (QED) is 0.607. The largest absolute Gasteiger partial charge is 0.382 e. The van der Waals surface area contributed by atoms with E-state index in [9.17, 15) is 9.90 Å². The van der Waals surface area contributed by atoms with Gasteiger partial charge in [0, 0.05) is 0 Å². The summed E-state index contributed by atoms with van der Waals surface area (Å²) in [6, 6.07) is 0. The molecule has 0 bridgehead atoms. The van der Waals surface area contributed by atoms with Gasteiger partial charge in [0.25, 0.3) is 0 Å². The molecule has 0 aromatic carbocycles. The van der Waals surface area contributed by atoms with Crippen LogP contribution in [0.3, 0.4) is 0 Å². The molecule has 3 heteroatoms. The lowest BCUT2D eigenvalue weighted by atomic mass is 9.98. The molecular formula is C8H17NO2. The predicted octanol–water partition coefficient (Wildman–Crippen LogP) is 0.326. The number of carbonyl (C=O) groups excluding carboxylic acids is 1. The summed E-state index contributed by atoms with van der Waals surface area (Å²) in [5.41, 5.74) is -1.15. The van der Waals surface area contributed by atoms with E-state index < -0.39 is 5.60 Å². The van der Waals surface area contributed by atoms with Crippen LogP contribution in [0, 0.1) is 0 Å². The third kappa shape index (κ3) is 3.49. The molecule has 0 saturated carbocycles. The van der Waals surface area contributed by atoms with Gasteiger partial charge in [-0.15, -0.1) is 0 Å². The van der Waals surface area contributed by atoms with Gasteiger partial charge in [-0.1, -0.05) is 13.8 Å². The van der Waals surface area contributed by atoms with Gasteiger partial charge in [0.1, 0.15) is 5.60 Å². The zero-order valence-electron chi connectivity index (χ0n) is 7.48. The Balaban J connectivity index is 3.82. The lowest BCUT2D eigenvalue weighted by Gasteiger charge is -2.19. The molecule has 0 rings (SSSR count). The lowest BCUT2D eigenvalue weighted by molar-refractivity contribution is -0.134. The van der Waals surface area contributed by atoms with E-state index in [-0.39, 0.29) is 12.3 Å². The summed E-state index contributed by atoms with van der Waals surface area (Å²) in [6.45, 7) is 6.29. The number of Topliss-reactive ketones (excluding diaryl/α,β-unsaturated/α-hetero) is 1. The molecule has 0 aliphatic rings. The summed E-state index contributed by atoms with van der Waals surface area (Å²) >= 11 is 0. The Kier molecular flexibility index (Phi) is 4.30. The van der Waals surface area contributed by atoms with Gasteiger partial charge in [-0.3, -0.25) is 4.79 Å². The highest BCUT2D eigenvalue weighted by atomic mass is 16.3. The second kappa shape index (κ2) is 4.46. The molecule has 2 N–H and O–H groups in total. The van der Waals surface area contributed by atoms with Crippen molar-refractivity contribution in [2.24, 2.45) is 0 Å². The SMILES string of the molecule is CCNCC(=O)C(C)(O)CC. The molecule has 66 valence electrons. The maximum absolute atomic E-state index is 11.1. The molecule has 1 atom stereocenters. The second-order valence-electron chi connectivity index (χ2n) is 2.83. The average molecular weight is 159 g/mol. The van der Waals surface area contributed by atoms with Crippen molar-refractivity contribution in [1.82, 2.24) is 5.32 Å². The lowest BCUT2D eigenvalue weighted by Crippen LogP contribution is -2.40. The minimum Gasteiger partial charge on any atom is -0.382 e. The van der Waals surface area contributed by atoms with Crippen LogP contribution in [0.15, 0.2) is 0 Å². The highest BCUT2D eigenvalue weighted by molar-refractivity contribution is 5.88. The third-order valence-electron chi connectivity index (χ3n) is 1.82. The van der Waals surface area contributed by atoms with Gasteiger partial charge in [-0.2, -0.15) is 0 Å². The van der Waals surface area contributed by atoms with Crippen LogP contribution in [0.5, 0.6) is 0 Å². The Hall–Kier alpha value is -0.410. The minimum absolute atomic E-state index is 0.137. The Morgan fingerprint density at radius 3 is 2.45 bits per heavy atom. The van der Waals surface area contributed by atoms with Crippen LogP contribution in [0.2, 0.25) is 0 Å². The monoisotopic (exact) mass is 159 g/mol. The molecule has 3 nitrogen and oxygen atoms in total. The molecule has 0 radical (unpaired) electrons. The van der Waals surface area contributed by atoms with Crippen LogP contribution in [0.25, 0.3) is 0 Å². The van der Waals surface area contributed by atoms with Gasteiger partial charge >= 0.3 is 0 Å². The molecule has 11 heavy (non-hydrogen) atoms. The second-order valence-corrected chi connectivity index (χ2v) is 2.83. The van der Waals surface area contributed by atoms with E-state index in [1.807, 2.05) is 6.92 Å². The van der Waals surface area contributed by atoms with E-state index in [1.165, 1.54) is 0 Å². The van der Waals surface area contributed by atoms with E-state index in [2.05, 4.69) is 5.32 Å².